The van der Waals surface area contributed by atoms with Gasteiger partial charge in [-0.25, -0.2) is 0 Å². The standard InChI is InChI=1S/C14H23N3/c1-12(2)17-8-6-16(7-9-17)11-14-10-13(3)4-5-15-14/h4-5,10,12H,6-9,11H2,1-3H3. The molecule has 0 aromatic carbocycles. The number of rotatable bonds is 3. The molecule has 1 aliphatic heterocycles. The summed E-state index contributed by atoms with van der Waals surface area (Å²) in [5.41, 5.74) is 2.50. The topological polar surface area (TPSA) is 19.4 Å². The lowest BCUT2D eigenvalue weighted by molar-refractivity contribution is 0.103. The van der Waals surface area contributed by atoms with Crippen LogP contribution in [0.2, 0.25) is 0 Å². The number of piperazine rings is 1. The minimum Gasteiger partial charge on any atom is -0.298 e. The van der Waals surface area contributed by atoms with E-state index in [2.05, 4.69) is 47.7 Å². The van der Waals surface area contributed by atoms with Crippen LogP contribution in [0.15, 0.2) is 18.3 Å². The maximum absolute atomic E-state index is 4.43. The Morgan fingerprint density at radius 2 is 1.94 bits per heavy atom. The Balaban J connectivity index is 1.86. The third-order valence-corrected chi connectivity index (χ3v) is 3.49. The van der Waals surface area contributed by atoms with E-state index >= 15 is 0 Å². The molecule has 0 bridgehead atoms. The van der Waals surface area contributed by atoms with Crippen molar-refractivity contribution in [1.29, 1.82) is 0 Å². The van der Waals surface area contributed by atoms with Crippen LogP contribution in [0.4, 0.5) is 0 Å². The Hall–Kier alpha value is -0.930. The number of aryl methyl sites for hydroxylation is 1. The molecule has 0 radical (unpaired) electrons. The molecule has 1 saturated heterocycles. The first-order valence-electron chi connectivity index (χ1n) is 6.53. The van der Waals surface area contributed by atoms with Crippen molar-refractivity contribution >= 4 is 0 Å². The Labute approximate surface area is 104 Å². The van der Waals surface area contributed by atoms with Crippen molar-refractivity contribution in [2.24, 2.45) is 0 Å². The normalized spacial score (nSPS) is 18.8. The van der Waals surface area contributed by atoms with Crippen molar-refractivity contribution in [2.45, 2.75) is 33.4 Å². The van der Waals surface area contributed by atoms with Gasteiger partial charge in [0.1, 0.15) is 0 Å². The zero-order valence-corrected chi connectivity index (χ0v) is 11.2. The summed E-state index contributed by atoms with van der Waals surface area (Å²) in [7, 11) is 0. The quantitative estimate of drug-likeness (QED) is 0.795. The molecule has 17 heavy (non-hydrogen) atoms. The average Bonchev–Trinajstić information content (AvgIpc) is 2.29. The molecule has 3 nitrogen and oxygen atoms in total. The first-order chi connectivity index (χ1) is 8.15. The van der Waals surface area contributed by atoms with Gasteiger partial charge in [-0.1, -0.05) is 0 Å². The molecule has 0 spiro atoms. The van der Waals surface area contributed by atoms with Crippen molar-refractivity contribution in [3.8, 4) is 0 Å². The summed E-state index contributed by atoms with van der Waals surface area (Å²) in [6.45, 7) is 12.4. The molecule has 94 valence electrons. The molecule has 0 atom stereocenters. The molecular formula is C14H23N3. The van der Waals surface area contributed by atoms with Gasteiger partial charge in [-0.2, -0.15) is 0 Å². The van der Waals surface area contributed by atoms with Gasteiger partial charge >= 0.3 is 0 Å². The molecule has 2 rings (SSSR count). The zero-order valence-electron chi connectivity index (χ0n) is 11.2. The van der Waals surface area contributed by atoms with Crippen LogP contribution in [0.5, 0.6) is 0 Å². The molecule has 1 aromatic rings. The Kier molecular flexibility index (Phi) is 4.13. The largest absolute Gasteiger partial charge is 0.298 e. The fourth-order valence-corrected chi connectivity index (χ4v) is 2.35. The fraction of sp³-hybridized carbons (Fsp3) is 0.643. The van der Waals surface area contributed by atoms with Crippen LogP contribution >= 0.6 is 0 Å². The summed E-state index contributed by atoms with van der Waals surface area (Å²) in [5.74, 6) is 0. The first-order valence-corrected chi connectivity index (χ1v) is 6.53. The molecule has 0 amide bonds. The summed E-state index contributed by atoms with van der Waals surface area (Å²) in [5, 5.41) is 0. The van der Waals surface area contributed by atoms with E-state index in [0.717, 1.165) is 19.6 Å². The van der Waals surface area contributed by atoms with Gasteiger partial charge in [0.2, 0.25) is 0 Å². The number of hydrogen-bond donors (Lipinski definition) is 0. The molecule has 2 heterocycles. The van der Waals surface area contributed by atoms with E-state index in [4.69, 9.17) is 0 Å². The van der Waals surface area contributed by atoms with Gasteiger partial charge in [-0.15, -0.1) is 0 Å². The highest BCUT2D eigenvalue weighted by atomic mass is 15.3. The molecule has 3 heteroatoms. The highest BCUT2D eigenvalue weighted by Gasteiger charge is 2.18. The molecule has 1 aliphatic rings. The van der Waals surface area contributed by atoms with E-state index in [-0.39, 0.29) is 0 Å². The second kappa shape index (κ2) is 5.61. The fourth-order valence-electron chi connectivity index (χ4n) is 2.35. The number of aromatic nitrogens is 1. The van der Waals surface area contributed by atoms with E-state index in [1.54, 1.807) is 0 Å². The number of hydrogen-bond acceptors (Lipinski definition) is 3. The van der Waals surface area contributed by atoms with E-state index < -0.39 is 0 Å². The average molecular weight is 233 g/mol. The van der Waals surface area contributed by atoms with E-state index in [1.165, 1.54) is 24.3 Å². The third kappa shape index (κ3) is 3.51. The van der Waals surface area contributed by atoms with Crippen LogP contribution in [0.25, 0.3) is 0 Å². The van der Waals surface area contributed by atoms with Crippen LogP contribution in [0, 0.1) is 6.92 Å². The van der Waals surface area contributed by atoms with E-state index in [0.29, 0.717) is 6.04 Å². The highest BCUT2D eigenvalue weighted by Crippen LogP contribution is 2.09. The number of nitrogens with zero attached hydrogens (tertiary/aromatic N) is 3. The predicted octanol–water partition coefficient (Wildman–Crippen LogP) is 1.92. The predicted molar refractivity (Wildman–Crippen MR) is 71.0 cm³/mol. The van der Waals surface area contributed by atoms with E-state index in [1.807, 2.05) is 6.20 Å². The van der Waals surface area contributed by atoms with Crippen LogP contribution in [0.3, 0.4) is 0 Å². The summed E-state index contributed by atoms with van der Waals surface area (Å²) in [4.78, 5) is 9.48. The Bertz CT molecular complexity index is 354. The maximum Gasteiger partial charge on any atom is 0.0546 e. The van der Waals surface area contributed by atoms with Crippen LogP contribution in [-0.2, 0) is 6.54 Å². The Morgan fingerprint density at radius 1 is 1.24 bits per heavy atom. The Morgan fingerprint density at radius 3 is 2.53 bits per heavy atom. The van der Waals surface area contributed by atoms with Crippen molar-refractivity contribution in [3.05, 3.63) is 29.6 Å². The molecule has 0 aliphatic carbocycles. The maximum atomic E-state index is 4.43. The summed E-state index contributed by atoms with van der Waals surface area (Å²) < 4.78 is 0. The summed E-state index contributed by atoms with van der Waals surface area (Å²) in [6.07, 6.45) is 1.91. The van der Waals surface area contributed by atoms with Gasteiger partial charge in [0.25, 0.3) is 0 Å². The third-order valence-electron chi connectivity index (χ3n) is 3.49. The molecular weight excluding hydrogens is 210 g/mol. The smallest absolute Gasteiger partial charge is 0.0546 e. The second-order valence-corrected chi connectivity index (χ2v) is 5.23. The molecule has 1 aromatic heterocycles. The summed E-state index contributed by atoms with van der Waals surface area (Å²) >= 11 is 0. The van der Waals surface area contributed by atoms with Crippen molar-refractivity contribution < 1.29 is 0 Å². The van der Waals surface area contributed by atoms with Gasteiger partial charge in [0, 0.05) is 45.0 Å². The minimum absolute atomic E-state index is 0.675. The zero-order chi connectivity index (χ0) is 12.3. The number of pyridine rings is 1. The molecule has 0 N–H and O–H groups in total. The first kappa shape index (κ1) is 12.5. The van der Waals surface area contributed by atoms with Gasteiger partial charge in [-0.05, 0) is 38.5 Å². The van der Waals surface area contributed by atoms with Crippen molar-refractivity contribution in [1.82, 2.24) is 14.8 Å². The molecule has 0 unspecified atom stereocenters. The lowest BCUT2D eigenvalue weighted by atomic mass is 10.2. The lowest BCUT2D eigenvalue weighted by Crippen LogP contribution is -2.48. The summed E-state index contributed by atoms with van der Waals surface area (Å²) in [6, 6.07) is 4.92. The van der Waals surface area contributed by atoms with Crippen molar-refractivity contribution in [3.63, 3.8) is 0 Å². The minimum atomic E-state index is 0.675. The van der Waals surface area contributed by atoms with Gasteiger partial charge in [0.15, 0.2) is 0 Å². The van der Waals surface area contributed by atoms with Gasteiger partial charge in [-0.3, -0.25) is 14.8 Å². The van der Waals surface area contributed by atoms with E-state index in [9.17, 15) is 0 Å². The molecule has 0 saturated carbocycles. The molecule has 1 fully saturated rings. The lowest BCUT2D eigenvalue weighted by Gasteiger charge is -2.36. The van der Waals surface area contributed by atoms with Crippen molar-refractivity contribution in [2.75, 3.05) is 26.2 Å². The van der Waals surface area contributed by atoms with Gasteiger partial charge in [0.05, 0.1) is 5.69 Å². The SMILES string of the molecule is Cc1ccnc(CN2CCN(C(C)C)CC2)c1. The van der Waals surface area contributed by atoms with Crippen LogP contribution < -0.4 is 0 Å². The highest BCUT2D eigenvalue weighted by molar-refractivity contribution is 5.14. The van der Waals surface area contributed by atoms with Crippen LogP contribution in [-0.4, -0.2) is 47.0 Å². The monoisotopic (exact) mass is 233 g/mol. The van der Waals surface area contributed by atoms with Crippen LogP contribution in [0.1, 0.15) is 25.1 Å². The van der Waals surface area contributed by atoms with Gasteiger partial charge < -0.3 is 0 Å². The second-order valence-electron chi connectivity index (χ2n) is 5.23.